The minimum Gasteiger partial charge on any atom is -0.481 e. The summed E-state index contributed by atoms with van der Waals surface area (Å²) in [5.74, 6) is -10.4. The number of carboxylic acid groups (broad SMARTS) is 6. The SMILES string of the molecule is C.C.C[Si](C)(CCCC(CC(=O)O)C(=O)O)O[Si](O[Si](C)(C)CCCC(CC(=O)O)C(=O)O)(O[Si](C)(C)CCCC(CC(=O)O)C(=O)O)c1ccccc1. The molecule has 0 aromatic heterocycles. The Labute approximate surface area is 323 Å². The molecule has 3 atom stereocenters. The molecule has 310 valence electrons. The van der Waals surface area contributed by atoms with E-state index in [-0.39, 0.29) is 34.1 Å². The van der Waals surface area contributed by atoms with Crippen molar-refractivity contribution in [2.45, 2.75) is 130 Å². The Hall–Kier alpha value is -3.21. The Kier molecular flexibility index (Phi) is 23.2. The van der Waals surface area contributed by atoms with Crippen molar-refractivity contribution < 1.29 is 71.8 Å². The van der Waals surface area contributed by atoms with Gasteiger partial charge < -0.3 is 43.0 Å². The van der Waals surface area contributed by atoms with Gasteiger partial charge in [-0.15, -0.1) is 0 Å². The van der Waals surface area contributed by atoms with Crippen molar-refractivity contribution in [3.05, 3.63) is 30.3 Å². The highest BCUT2D eigenvalue weighted by atomic mass is 28.5. The number of hydrogen-bond donors (Lipinski definition) is 6. The molecule has 0 amide bonds. The molecular formula is C35H64O15Si4. The molecule has 3 unspecified atom stereocenters. The third kappa shape index (κ3) is 20.5. The molecule has 0 saturated heterocycles. The fraction of sp³-hybridized carbons (Fsp3) is 0.657. The van der Waals surface area contributed by atoms with Gasteiger partial charge in [-0.25, -0.2) is 0 Å². The van der Waals surface area contributed by atoms with Crippen LogP contribution in [0.3, 0.4) is 0 Å². The highest BCUT2D eigenvalue weighted by Crippen LogP contribution is 2.33. The maximum Gasteiger partial charge on any atom is 0.505 e. The minimum absolute atomic E-state index is 0. The first-order valence-electron chi connectivity index (χ1n) is 17.4. The average Bonchev–Trinajstić information content (AvgIpc) is 2.98. The van der Waals surface area contributed by atoms with Crippen LogP contribution in [0.4, 0.5) is 0 Å². The second kappa shape index (κ2) is 23.6. The molecule has 0 spiro atoms. The van der Waals surface area contributed by atoms with Crippen molar-refractivity contribution in [1.82, 2.24) is 0 Å². The van der Waals surface area contributed by atoms with Gasteiger partial charge in [-0.1, -0.05) is 64.4 Å². The monoisotopic (exact) mass is 836 g/mol. The lowest BCUT2D eigenvalue weighted by atomic mass is 10.0. The molecule has 1 rings (SSSR count). The van der Waals surface area contributed by atoms with Crippen molar-refractivity contribution >= 4 is 74.8 Å². The summed E-state index contributed by atoms with van der Waals surface area (Å²) in [6.07, 6.45) is 0.0222. The second-order valence-corrected chi connectivity index (χ2v) is 31.3. The molecule has 0 aliphatic rings. The van der Waals surface area contributed by atoms with Gasteiger partial charge in [0.15, 0.2) is 25.0 Å². The number of rotatable bonds is 28. The number of aliphatic carboxylic acids is 6. The molecule has 54 heavy (non-hydrogen) atoms. The summed E-state index contributed by atoms with van der Waals surface area (Å²) < 4.78 is 21.4. The van der Waals surface area contributed by atoms with Crippen LogP contribution in [0.25, 0.3) is 0 Å². The molecule has 0 heterocycles. The smallest absolute Gasteiger partial charge is 0.481 e. The van der Waals surface area contributed by atoms with Gasteiger partial charge in [0.1, 0.15) is 0 Å². The van der Waals surface area contributed by atoms with Gasteiger partial charge in [0.2, 0.25) is 0 Å². The van der Waals surface area contributed by atoms with E-state index in [1.54, 1.807) is 0 Å². The normalized spacial score (nSPS) is 14.6. The van der Waals surface area contributed by atoms with Gasteiger partial charge >= 0.3 is 44.6 Å². The lowest BCUT2D eigenvalue weighted by Gasteiger charge is -2.45. The van der Waals surface area contributed by atoms with Crippen LogP contribution < -0.4 is 5.19 Å². The third-order valence-corrected chi connectivity index (χ3v) is 24.2. The standard InChI is InChI=1S/C33H56O15Si4.2CH4/c1-49(2,18-10-13-24(31(40)41)21-28(34)35)46-52(27-16-8-7-9-17-27,47-50(3,4)19-11-14-25(32(42)43)22-29(36)37)48-51(5,6)20-12-15-26(33(44)45)23-30(38)39;;/h7-9,16-17,24-26H,10-15,18-23H2,1-6H3,(H,34,35)(H,36,37)(H,38,39)(H,40,41)(H,42,43)(H,44,45);2*1H4. The Balaban J connectivity index is 0. The zero-order chi connectivity index (χ0) is 39.9. The zero-order valence-corrected chi connectivity index (χ0v) is 35.0. The van der Waals surface area contributed by atoms with Crippen molar-refractivity contribution in [3.63, 3.8) is 0 Å². The highest BCUT2D eigenvalue weighted by Gasteiger charge is 2.54. The van der Waals surface area contributed by atoms with E-state index in [2.05, 4.69) is 0 Å². The minimum atomic E-state index is -3.90. The molecule has 0 bridgehead atoms. The Morgan fingerprint density at radius 1 is 0.500 bits per heavy atom. The van der Waals surface area contributed by atoms with Crippen LogP contribution in [-0.4, -0.2) is 100 Å². The topological polar surface area (TPSA) is 251 Å². The summed E-state index contributed by atoms with van der Waals surface area (Å²) in [6, 6.07) is 10.5. The Morgan fingerprint density at radius 3 is 0.981 bits per heavy atom. The molecule has 15 nitrogen and oxygen atoms in total. The first-order valence-corrected chi connectivity index (χ1v) is 28.5. The van der Waals surface area contributed by atoms with Crippen molar-refractivity contribution in [3.8, 4) is 0 Å². The molecular weight excluding hydrogens is 773 g/mol. The van der Waals surface area contributed by atoms with E-state index < -0.39 is 107 Å². The number of hydrogen-bond acceptors (Lipinski definition) is 9. The van der Waals surface area contributed by atoms with Crippen LogP contribution in [0.15, 0.2) is 30.3 Å². The molecule has 1 aromatic rings. The van der Waals surface area contributed by atoms with E-state index in [0.717, 1.165) is 0 Å². The van der Waals surface area contributed by atoms with Crippen molar-refractivity contribution in [1.29, 1.82) is 0 Å². The molecule has 0 aliphatic heterocycles. The lowest BCUT2D eigenvalue weighted by molar-refractivity contribution is -0.148. The largest absolute Gasteiger partial charge is 0.505 e. The number of carbonyl (C=O) groups is 6. The molecule has 19 heteroatoms. The molecule has 0 radical (unpaired) electrons. The predicted molar refractivity (Wildman–Crippen MR) is 213 cm³/mol. The number of benzene rings is 1. The lowest BCUT2D eigenvalue weighted by Crippen LogP contribution is -2.68. The Morgan fingerprint density at radius 2 is 0.759 bits per heavy atom. The fourth-order valence-corrected chi connectivity index (χ4v) is 22.8. The summed E-state index contributed by atoms with van der Waals surface area (Å²) in [4.78, 5) is 69.0. The fourth-order valence-electron chi connectivity index (χ4n) is 6.02. The Bertz CT molecular complexity index is 1240. The van der Waals surface area contributed by atoms with Crippen LogP contribution in [0.1, 0.15) is 72.6 Å². The van der Waals surface area contributed by atoms with Crippen LogP contribution >= 0.6 is 0 Å². The highest BCUT2D eigenvalue weighted by molar-refractivity contribution is 6.96. The van der Waals surface area contributed by atoms with Gasteiger partial charge in [0.25, 0.3) is 0 Å². The molecule has 0 fully saturated rings. The second-order valence-electron chi connectivity index (χ2n) is 15.1. The maximum absolute atomic E-state index is 11.7. The van der Waals surface area contributed by atoms with Gasteiger partial charge in [0, 0.05) is 5.19 Å². The van der Waals surface area contributed by atoms with E-state index in [1.807, 2.05) is 69.6 Å². The predicted octanol–water partition coefficient (Wildman–Crippen LogP) is 6.64. The number of carboxylic acids is 6. The van der Waals surface area contributed by atoms with Crippen LogP contribution in [0, 0.1) is 17.8 Å². The molecule has 0 saturated carbocycles. The molecule has 1 aromatic carbocycles. The quantitative estimate of drug-likeness (QED) is 0.0484. The maximum atomic E-state index is 11.7. The summed E-state index contributed by atoms with van der Waals surface area (Å²) >= 11 is 0. The van der Waals surface area contributed by atoms with Crippen molar-refractivity contribution in [2.75, 3.05) is 0 Å². The summed E-state index contributed by atoms with van der Waals surface area (Å²) in [7, 11) is -12.3. The van der Waals surface area contributed by atoms with E-state index in [1.165, 1.54) is 0 Å². The van der Waals surface area contributed by atoms with Crippen LogP contribution in [0.2, 0.25) is 57.4 Å². The van der Waals surface area contributed by atoms with Crippen molar-refractivity contribution in [2.24, 2.45) is 17.8 Å². The van der Waals surface area contributed by atoms with Gasteiger partial charge in [-0.05, 0) is 76.7 Å². The molecule has 0 aliphatic carbocycles. The van der Waals surface area contributed by atoms with Crippen LogP contribution in [0.5, 0.6) is 0 Å². The summed E-state index contributed by atoms with van der Waals surface area (Å²) in [5, 5.41) is 57.0. The summed E-state index contributed by atoms with van der Waals surface area (Å²) in [6.45, 7) is 11.7. The third-order valence-electron chi connectivity index (χ3n) is 8.66. The van der Waals surface area contributed by atoms with Gasteiger partial charge in [0.05, 0.1) is 37.0 Å². The van der Waals surface area contributed by atoms with E-state index in [0.29, 0.717) is 42.6 Å². The molecule has 6 N–H and O–H groups in total. The van der Waals surface area contributed by atoms with Gasteiger partial charge in [-0.3, -0.25) is 28.8 Å². The van der Waals surface area contributed by atoms with Gasteiger partial charge in [-0.2, -0.15) is 0 Å². The summed E-state index contributed by atoms with van der Waals surface area (Å²) in [5.41, 5.74) is 0. The van der Waals surface area contributed by atoms with E-state index in [9.17, 15) is 59.4 Å². The first-order chi connectivity index (χ1) is 23.9. The van der Waals surface area contributed by atoms with E-state index >= 15 is 0 Å². The first kappa shape index (κ1) is 52.9. The van der Waals surface area contributed by atoms with E-state index in [4.69, 9.17) is 12.3 Å². The van der Waals surface area contributed by atoms with Crippen LogP contribution in [-0.2, 0) is 41.1 Å². The zero-order valence-electron chi connectivity index (χ0n) is 31.0. The average molecular weight is 837 g/mol.